The van der Waals surface area contributed by atoms with Crippen LogP contribution in [0.4, 0.5) is 0 Å². The van der Waals surface area contributed by atoms with Gasteiger partial charge in [-0.25, -0.2) is 0 Å². The van der Waals surface area contributed by atoms with Crippen LogP contribution in [-0.2, 0) is 0 Å². The number of hydrogen-bond donors (Lipinski definition) is 0. The summed E-state index contributed by atoms with van der Waals surface area (Å²) in [6, 6.07) is 13.5. The second kappa shape index (κ2) is 7.13. The Hall–Kier alpha value is -2.28. The van der Waals surface area contributed by atoms with Crippen LogP contribution in [0.2, 0.25) is 10.0 Å². The first-order valence-corrected chi connectivity index (χ1v) is 7.06. The molecule has 0 heterocycles. The van der Waals surface area contributed by atoms with E-state index in [9.17, 15) is 10.1 Å². The Morgan fingerprint density at radius 3 is 2.41 bits per heavy atom. The SMILES string of the molecule is COc1ccc(/C=C(\C#N)C(=O)c2ccc(Cl)cc2Cl)cc1. The minimum Gasteiger partial charge on any atom is -0.497 e. The predicted octanol–water partition coefficient (Wildman–Crippen LogP) is 4.79. The summed E-state index contributed by atoms with van der Waals surface area (Å²) in [7, 11) is 1.57. The fourth-order valence-electron chi connectivity index (χ4n) is 1.83. The van der Waals surface area contributed by atoms with Crippen molar-refractivity contribution >= 4 is 35.1 Å². The van der Waals surface area contributed by atoms with E-state index in [1.807, 2.05) is 6.07 Å². The zero-order valence-electron chi connectivity index (χ0n) is 11.6. The standard InChI is InChI=1S/C17H11Cl2NO2/c1-22-14-5-2-11(3-6-14)8-12(10-20)17(21)15-7-4-13(18)9-16(15)19/h2-9H,1H3/b12-8+. The monoisotopic (exact) mass is 331 g/mol. The van der Waals surface area contributed by atoms with E-state index in [0.29, 0.717) is 10.8 Å². The molecule has 0 aromatic heterocycles. The number of allylic oxidation sites excluding steroid dienone is 1. The molecule has 0 saturated carbocycles. The summed E-state index contributed by atoms with van der Waals surface area (Å²) in [6.07, 6.45) is 1.51. The molecular formula is C17H11Cl2NO2. The van der Waals surface area contributed by atoms with E-state index >= 15 is 0 Å². The maximum absolute atomic E-state index is 12.4. The molecule has 22 heavy (non-hydrogen) atoms. The van der Waals surface area contributed by atoms with Crippen molar-refractivity contribution in [1.82, 2.24) is 0 Å². The molecule has 3 nitrogen and oxygen atoms in total. The molecule has 0 amide bonds. The fourth-order valence-corrected chi connectivity index (χ4v) is 2.33. The van der Waals surface area contributed by atoms with Crippen molar-refractivity contribution in [1.29, 1.82) is 5.26 Å². The third-order valence-electron chi connectivity index (χ3n) is 2.97. The van der Waals surface area contributed by atoms with E-state index in [1.54, 1.807) is 37.4 Å². The lowest BCUT2D eigenvalue weighted by Crippen LogP contribution is -2.02. The quantitative estimate of drug-likeness (QED) is 0.459. The van der Waals surface area contributed by atoms with Crippen LogP contribution < -0.4 is 4.74 Å². The summed E-state index contributed by atoms with van der Waals surface area (Å²) in [5, 5.41) is 9.88. The highest BCUT2D eigenvalue weighted by molar-refractivity contribution is 6.37. The van der Waals surface area contributed by atoms with E-state index in [0.717, 1.165) is 5.56 Å². The smallest absolute Gasteiger partial charge is 0.205 e. The van der Waals surface area contributed by atoms with Gasteiger partial charge in [-0.15, -0.1) is 0 Å². The van der Waals surface area contributed by atoms with Gasteiger partial charge in [0.25, 0.3) is 0 Å². The van der Waals surface area contributed by atoms with Crippen LogP contribution in [0.25, 0.3) is 6.08 Å². The highest BCUT2D eigenvalue weighted by Crippen LogP contribution is 2.24. The van der Waals surface area contributed by atoms with Crippen molar-refractivity contribution in [3.63, 3.8) is 0 Å². The lowest BCUT2D eigenvalue weighted by molar-refractivity contribution is 0.104. The van der Waals surface area contributed by atoms with Crippen molar-refractivity contribution in [2.24, 2.45) is 0 Å². The van der Waals surface area contributed by atoms with Crippen molar-refractivity contribution in [3.05, 3.63) is 69.2 Å². The lowest BCUT2D eigenvalue weighted by atomic mass is 10.0. The van der Waals surface area contributed by atoms with Gasteiger partial charge in [0, 0.05) is 10.6 Å². The highest BCUT2D eigenvalue weighted by Gasteiger charge is 2.15. The first-order valence-electron chi connectivity index (χ1n) is 6.30. The number of benzene rings is 2. The second-order valence-corrected chi connectivity index (χ2v) is 5.24. The van der Waals surface area contributed by atoms with E-state index in [1.165, 1.54) is 18.2 Å². The van der Waals surface area contributed by atoms with Crippen molar-refractivity contribution < 1.29 is 9.53 Å². The van der Waals surface area contributed by atoms with Crippen LogP contribution in [-0.4, -0.2) is 12.9 Å². The van der Waals surface area contributed by atoms with Crippen LogP contribution in [0.3, 0.4) is 0 Å². The van der Waals surface area contributed by atoms with Gasteiger partial charge in [-0.3, -0.25) is 4.79 Å². The number of carbonyl (C=O) groups is 1. The third-order valence-corrected chi connectivity index (χ3v) is 3.52. The number of Topliss-reactive ketones (excluding diaryl/α,β-unsaturated/α-hetero) is 1. The van der Waals surface area contributed by atoms with Gasteiger partial charge >= 0.3 is 0 Å². The maximum Gasteiger partial charge on any atom is 0.205 e. The molecular weight excluding hydrogens is 321 g/mol. The fraction of sp³-hybridized carbons (Fsp3) is 0.0588. The van der Waals surface area contributed by atoms with Crippen molar-refractivity contribution in [3.8, 4) is 11.8 Å². The number of nitrogens with zero attached hydrogens (tertiary/aromatic N) is 1. The molecule has 0 spiro atoms. The van der Waals surface area contributed by atoms with Gasteiger partial charge in [0.2, 0.25) is 5.78 Å². The van der Waals surface area contributed by atoms with Gasteiger partial charge in [0.15, 0.2) is 0 Å². The van der Waals surface area contributed by atoms with Gasteiger partial charge in [-0.05, 0) is 42.0 Å². The van der Waals surface area contributed by atoms with Crippen LogP contribution in [0, 0.1) is 11.3 Å². The Balaban J connectivity index is 2.36. The molecule has 0 aliphatic heterocycles. The number of methoxy groups -OCH3 is 1. The van der Waals surface area contributed by atoms with Crippen LogP contribution in [0.15, 0.2) is 48.0 Å². The van der Waals surface area contributed by atoms with Crippen LogP contribution in [0.5, 0.6) is 5.75 Å². The van der Waals surface area contributed by atoms with Gasteiger partial charge in [0.1, 0.15) is 17.4 Å². The van der Waals surface area contributed by atoms with Gasteiger partial charge in [-0.1, -0.05) is 35.3 Å². The molecule has 0 unspecified atom stereocenters. The predicted molar refractivity (Wildman–Crippen MR) is 87.4 cm³/mol. The summed E-state index contributed by atoms with van der Waals surface area (Å²) in [4.78, 5) is 12.4. The summed E-state index contributed by atoms with van der Waals surface area (Å²) in [5.41, 5.74) is 0.956. The Kier molecular flexibility index (Phi) is 5.21. The molecule has 5 heteroatoms. The molecule has 0 saturated heterocycles. The lowest BCUT2D eigenvalue weighted by Gasteiger charge is -2.04. The Morgan fingerprint density at radius 1 is 1.18 bits per heavy atom. The average Bonchev–Trinajstić information content (AvgIpc) is 2.52. The number of nitriles is 1. The van der Waals surface area contributed by atoms with E-state index < -0.39 is 5.78 Å². The normalized spacial score (nSPS) is 10.9. The van der Waals surface area contributed by atoms with E-state index in [2.05, 4.69) is 0 Å². The Labute approximate surface area is 138 Å². The molecule has 0 bridgehead atoms. The topological polar surface area (TPSA) is 50.1 Å². The second-order valence-electron chi connectivity index (χ2n) is 4.40. The molecule has 0 atom stereocenters. The van der Waals surface area contributed by atoms with Gasteiger partial charge in [-0.2, -0.15) is 5.26 Å². The molecule has 0 fully saturated rings. The zero-order chi connectivity index (χ0) is 16.1. The number of ether oxygens (including phenoxy) is 1. The van der Waals surface area contributed by atoms with Crippen LogP contribution >= 0.6 is 23.2 Å². The molecule has 2 aromatic carbocycles. The van der Waals surface area contributed by atoms with E-state index in [-0.39, 0.29) is 16.2 Å². The molecule has 0 N–H and O–H groups in total. The third kappa shape index (κ3) is 3.67. The summed E-state index contributed by atoms with van der Waals surface area (Å²) in [5.74, 6) is 0.253. The molecule has 0 radical (unpaired) electrons. The van der Waals surface area contributed by atoms with Crippen molar-refractivity contribution in [2.75, 3.05) is 7.11 Å². The summed E-state index contributed by atoms with van der Waals surface area (Å²) in [6.45, 7) is 0. The van der Waals surface area contributed by atoms with Gasteiger partial charge < -0.3 is 4.74 Å². The van der Waals surface area contributed by atoms with E-state index in [4.69, 9.17) is 27.9 Å². The Bertz CT molecular complexity index is 774. The zero-order valence-corrected chi connectivity index (χ0v) is 13.2. The molecule has 110 valence electrons. The minimum absolute atomic E-state index is 0.00520. The van der Waals surface area contributed by atoms with Gasteiger partial charge in [0.05, 0.1) is 12.1 Å². The first-order chi connectivity index (χ1) is 10.5. The maximum atomic E-state index is 12.4. The summed E-state index contributed by atoms with van der Waals surface area (Å²) >= 11 is 11.8. The molecule has 0 aliphatic rings. The average molecular weight is 332 g/mol. The number of carbonyl (C=O) groups excluding carboxylic acids is 1. The summed E-state index contributed by atoms with van der Waals surface area (Å²) < 4.78 is 5.06. The van der Waals surface area contributed by atoms with Crippen LogP contribution in [0.1, 0.15) is 15.9 Å². The van der Waals surface area contributed by atoms with Crippen molar-refractivity contribution in [2.45, 2.75) is 0 Å². The molecule has 2 rings (SSSR count). The molecule has 0 aliphatic carbocycles. The number of ketones is 1. The first kappa shape index (κ1) is 16.1. The highest BCUT2D eigenvalue weighted by atomic mass is 35.5. The number of hydrogen-bond acceptors (Lipinski definition) is 3. The largest absolute Gasteiger partial charge is 0.497 e. The number of halogens is 2. The number of rotatable bonds is 4. The minimum atomic E-state index is -0.444. The molecule has 2 aromatic rings. The Morgan fingerprint density at radius 2 is 1.86 bits per heavy atom.